The summed E-state index contributed by atoms with van der Waals surface area (Å²) in [6.45, 7) is 6.47. The van der Waals surface area contributed by atoms with Crippen molar-refractivity contribution >= 4 is 35.1 Å². The van der Waals surface area contributed by atoms with Crippen LogP contribution in [-0.4, -0.2) is 64.6 Å². The van der Waals surface area contributed by atoms with Crippen LogP contribution in [0.25, 0.3) is 5.69 Å². The van der Waals surface area contributed by atoms with Gasteiger partial charge >= 0.3 is 0 Å². The minimum Gasteiger partial charge on any atom is -0.378 e. The van der Waals surface area contributed by atoms with Crippen molar-refractivity contribution in [1.29, 1.82) is 0 Å². The van der Waals surface area contributed by atoms with E-state index in [0.29, 0.717) is 55.2 Å². The normalized spacial score (nSPS) is 16.3. The van der Waals surface area contributed by atoms with Crippen LogP contribution in [0.4, 0.5) is 16.0 Å². The Morgan fingerprint density at radius 3 is 2.63 bits per heavy atom. The second-order valence-corrected chi connectivity index (χ2v) is 9.89. The number of anilines is 2. The first-order valence-corrected chi connectivity index (χ1v) is 12.5. The van der Waals surface area contributed by atoms with Crippen LogP contribution in [0.15, 0.2) is 47.6 Å². The summed E-state index contributed by atoms with van der Waals surface area (Å²) in [6.07, 6.45) is 0.731. The van der Waals surface area contributed by atoms with Crippen LogP contribution in [0.1, 0.15) is 29.8 Å². The number of thioether (sulfide) groups is 1. The molecule has 2 aliphatic rings. The van der Waals surface area contributed by atoms with Gasteiger partial charge in [0, 0.05) is 37.8 Å². The molecule has 3 aromatic rings. The zero-order valence-corrected chi connectivity index (χ0v) is 20.4. The molecule has 0 saturated carbocycles. The van der Waals surface area contributed by atoms with Crippen LogP contribution >= 0.6 is 11.8 Å². The third-order valence-electron chi connectivity index (χ3n) is 6.27. The number of Topliss-reactive ketones (excluding diaryl/α,β-unsaturated/α-hetero) is 1. The number of hydrogen-bond acceptors (Lipinski definition) is 7. The van der Waals surface area contributed by atoms with E-state index in [2.05, 4.69) is 15.1 Å². The number of carbonyl (C=O) groups is 2. The molecule has 8 nitrogen and oxygen atoms in total. The summed E-state index contributed by atoms with van der Waals surface area (Å²) in [5.41, 5.74) is 3.07. The molecule has 0 aliphatic carbocycles. The van der Waals surface area contributed by atoms with Crippen molar-refractivity contribution in [3.63, 3.8) is 0 Å². The average molecular weight is 496 g/mol. The lowest BCUT2D eigenvalue weighted by molar-refractivity contribution is -0.116. The molecular weight excluding hydrogens is 469 g/mol. The van der Waals surface area contributed by atoms with E-state index < -0.39 is 5.25 Å². The van der Waals surface area contributed by atoms with Crippen molar-refractivity contribution in [3.05, 3.63) is 59.4 Å². The van der Waals surface area contributed by atoms with E-state index in [1.165, 1.54) is 23.9 Å². The second kappa shape index (κ2) is 9.79. The number of aromatic nitrogens is 3. The molecule has 1 aromatic heterocycles. The van der Waals surface area contributed by atoms with Gasteiger partial charge in [-0.05, 0) is 55.3 Å². The monoisotopic (exact) mass is 495 g/mol. The number of morpholine rings is 1. The molecule has 0 N–H and O–H groups in total. The van der Waals surface area contributed by atoms with E-state index in [1.807, 2.05) is 19.1 Å². The van der Waals surface area contributed by atoms with Crippen LogP contribution in [0.2, 0.25) is 0 Å². The largest absolute Gasteiger partial charge is 0.378 e. The summed E-state index contributed by atoms with van der Waals surface area (Å²) in [5, 5.41) is 8.83. The number of nitrogens with zero attached hydrogens (tertiary/aromatic N) is 5. The molecule has 1 saturated heterocycles. The molecule has 1 atom stereocenters. The molecule has 2 aliphatic heterocycles. The summed E-state index contributed by atoms with van der Waals surface area (Å²) < 4.78 is 21.4. The minimum absolute atomic E-state index is 0.000456. The van der Waals surface area contributed by atoms with Gasteiger partial charge in [0.25, 0.3) is 0 Å². The first kappa shape index (κ1) is 23.5. The zero-order chi connectivity index (χ0) is 24.5. The van der Waals surface area contributed by atoms with Crippen molar-refractivity contribution in [2.75, 3.05) is 42.6 Å². The number of halogens is 1. The van der Waals surface area contributed by atoms with Crippen molar-refractivity contribution in [2.24, 2.45) is 0 Å². The van der Waals surface area contributed by atoms with Crippen LogP contribution in [0, 0.1) is 5.82 Å². The number of rotatable bonds is 6. The Balaban J connectivity index is 1.42. The number of benzene rings is 2. The van der Waals surface area contributed by atoms with Crippen molar-refractivity contribution in [3.8, 4) is 5.69 Å². The fourth-order valence-corrected chi connectivity index (χ4v) is 5.42. The van der Waals surface area contributed by atoms with Crippen LogP contribution in [0.3, 0.4) is 0 Å². The van der Waals surface area contributed by atoms with Gasteiger partial charge in [0.1, 0.15) is 5.82 Å². The molecule has 0 spiro atoms. The standard InChI is InChI=1S/C25H26FN5O3S/c1-16(23(33)19-6-7-22-18(14-19)8-9-30(22)17(2)32)35-25-28-27-24(29-10-12-34-13-11-29)31(25)21-5-3-4-20(26)15-21/h3-7,14-16H,8-13H2,1-2H3. The Bertz CT molecular complexity index is 1270. The van der Waals surface area contributed by atoms with Crippen molar-refractivity contribution in [2.45, 2.75) is 30.7 Å². The maximum absolute atomic E-state index is 14.1. The van der Waals surface area contributed by atoms with Gasteiger partial charge < -0.3 is 14.5 Å². The van der Waals surface area contributed by atoms with E-state index in [4.69, 9.17) is 4.74 Å². The van der Waals surface area contributed by atoms with Gasteiger partial charge in [-0.1, -0.05) is 17.8 Å². The Kier molecular flexibility index (Phi) is 6.57. The van der Waals surface area contributed by atoms with Crippen LogP contribution in [0.5, 0.6) is 0 Å². The smallest absolute Gasteiger partial charge is 0.232 e. The molecule has 0 bridgehead atoms. The number of hydrogen-bond donors (Lipinski definition) is 0. The average Bonchev–Trinajstić information content (AvgIpc) is 3.48. The van der Waals surface area contributed by atoms with E-state index in [9.17, 15) is 14.0 Å². The third kappa shape index (κ3) is 4.68. The van der Waals surface area contributed by atoms with Gasteiger partial charge in [-0.2, -0.15) is 0 Å². The lowest BCUT2D eigenvalue weighted by Crippen LogP contribution is -2.37. The Labute approximate surface area is 207 Å². The first-order chi connectivity index (χ1) is 16.9. The summed E-state index contributed by atoms with van der Waals surface area (Å²) in [7, 11) is 0. The molecule has 0 radical (unpaired) electrons. The summed E-state index contributed by atoms with van der Waals surface area (Å²) in [6, 6.07) is 11.8. The molecule has 35 heavy (non-hydrogen) atoms. The number of amides is 1. The van der Waals surface area contributed by atoms with Gasteiger partial charge in [0.15, 0.2) is 10.9 Å². The molecule has 1 amide bonds. The highest BCUT2D eigenvalue weighted by atomic mass is 32.2. The highest BCUT2D eigenvalue weighted by Crippen LogP contribution is 2.33. The molecule has 5 rings (SSSR count). The fourth-order valence-electron chi connectivity index (χ4n) is 4.48. The maximum atomic E-state index is 14.1. The Morgan fingerprint density at radius 2 is 1.89 bits per heavy atom. The Morgan fingerprint density at radius 1 is 1.09 bits per heavy atom. The molecular formula is C25H26FN5O3S. The highest BCUT2D eigenvalue weighted by Gasteiger charge is 2.27. The van der Waals surface area contributed by atoms with E-state index in [-0.39, 0.29) is 17.5 Å². The molecule has 2 aromatic carbocycles. The van der Waals surface area contributed by atoms with E-state index in [1.54, 1.807) is 34.6 Å². The van der Waals surface area contributed by atoms with Crippen LogP contribution in [-0.2, 0) is 16.0 Å². The first-order valence-electron chi connectivity index (χ1n) is 11.6. The van der Waals surface area contributed by atoms with Gasteiger partial charge in [0.05, 0.1) is 24.2 Å². The number of carbonyl (C=O) groups excluding carboxylic acids is 2. The summed E-state index contributed by atoms with van der Waals surface area (Å²) in [5.74, 6) is 0.199. The topological polar surface area (TPSA) is 80.6 Å². The van der Waals surface area contributed by atoms with Crippen molar-refractivity contribution < 1.29 is 18.7 Å². The quantitative estimate of drug-likeness (QED) is 0.382. The lowest BCUT2D eigenvalue weighted by Gasteiger charge is -2.28. The summed E-state index contributed by atoms with van der Waals surface area (Å²) >= 11 is 1.29. The van der Waals surface area contributed by atoms with E-state index >= 15 is 0 Å². The molecule has 10 heteroatoms. The molecule has 1 fully saturated rings. The van der Waals surface area contributed by atoms with Crippen molar-refractivity contribution in [1.82, 2.24) is 14.8 Å². The maximum Gasteiger partial charge on any atom is 0.232 e. The predicted octanol–water partition coefficient (Wildman–Crippen LogP) is 3.52. The minimum atomic E-state index is -0.451. The SMILES string of the molecule is CC(=O)N1CCc2cc(C(=O)C(C)Sc3nnc(N4CCOCC4)n3-c3cccc(F)c3)ccc21. The highest BCUT2D eigenvalue weighted by molar-refractivity contribution is 8.00. The fraction of sp³-hybridized carbons (Fsp3) is 0.360. The van der Waals surface area contributed by atoms with Gasteiger partial charge in [0.2, 0.25) is 11.9 Å². The summed E-state index contributed by atoms with van der Waals surface area (Å²) in [4.78, 5) is 28.9. The number of fused-ring (bicyclic) bond motifs is 1. The van der Waals surface area contributed by atoms with Gasteiger partial charge in [-0.15, -0.1) is 10.2 Å². The zero-order valence-electron chi connectivity index (χ0n) is 19.6. The number of ether oxygens (including phenoxy) is 1. The van der Waals surface area contributed by atoms with Gasteiger partial charge in [-0.25, -0.2) is 4.39 Å². The predicted molar refractivity (Wildman–Crippen MR) is 132 cm³/mol. The van der Waals surface area contributed by atoms with Gasteiger partial charge in [-0.3, -0.25) is 14.2 Å². The van der Waals surface area contributed by atoms with Crippen LogP contribution < -0.4 is 9.80 Å². The lowest BCUT2D eigenvalue weighted by atomic mass is 10.0. The molecule has 3 heterocycles. The second-order valence-electron chi connectivity index (χ2n) is 8.59. The third-order valence-corrected chi connectivity index (χ3v) is 7.31. The number of ketones is 1. The molecule has 1 unspecified atom stereocenters. The van der Waals surface area contributed by atoms with E-state index in [0.717, 1.165) is 17.7 Å². The Hall–Kier alpha value is -3.24. The molecule has 182 valence electrons.